The molecule has 2 N–H and O–H groups in total. The summed E-state index contributed by atoms with van der Waals surface area (Å²) in [6, 6.07) is 7.04. The highest BCUT2D eigenvalue weighted by Gasteiger charge is 2.09. The van der Waals surface area contributed by atoms with Gasteiger partial charge < -0.3 is 5.32 Å². The SMILES string of the molecule is CCNCCCc1ccc(S(=O)(=O)NC)cc1. The van der Waals surface area contributed by atoms with Crippen LogP contribution in [-0.4, -0.2) is 28.6 Å². The molecule has 0 atom stereocenters. The van der Waals surface area contributed by atoms with Crippen LogP contribution in [0.4, 0.5) is 0 Å². The summed E-state index contributed by atoms with van der Waals surface area (Å²) in [6.07, 6.45) is 2.03. The van der Waals surface area contributed by atoms with E-state index in [0.29, 0.717) is 4.90 Å². The average molecular weight is 256 g/mol. The second-order valence-corrected chi connectivity index (χ2v) is 5.70. The number of sulfonamides is 1. The van der Waals surface area contributed by atoms with Crippen molar-refractivity contribution in [3.05, 3.63) is 29.8 Å². The zero-order valence-electron chi connectivity index (χ0n) is 10.4. The Kier molecular flexibility index (Phi) is 5.61. The lowest BCUT2D eigenvalue weighted by Crippen LogP contribution is -2.18. The summed E-state index contributed by atoms with van der Waals surface area (Å²) in [5.41, 5.74) is 1.16. The highest BCUT2D eigenvalue weighted by molar-refractivity contribution is 7.89. The van der Waals surface area contributed by atoms with E-state index in [9.17, 15) is 8.42 Å². The smallest absolute Gasteiger partial charge is 0.240 e. The highest BCUT2D eigenvalue weighted by atomic mass is 32.2. The minimum absolute atomic E-state index is 0.315. The Labute approximate surface area is 103 Å². The Balaban J connectivity index is 2.57. The lowest BCUT2D eigenvalue weighted by atomic mass is 10.1. The molecule has 1 rings (SSSR count). The topological polar surface area (TPSA) is 58.2 Å². The van der Waals surface area contributed by atoms with Crippen molar-refractivity contribution in [2.24, 2.45) is 0 Å². The summed E-state index contributed by atoms with van der Waals surface area (Å²) in [5, 5.41) is 3.26. The molecule has 0 fully saturated rings. The first-order chi connectivity index (χ1) is 8.10. The van der Waals surface area contributed by atoms with Crippen LogP contribution in [0, 0.1) is 0 Å². The van der Waals surface area contributed by atoms with Gasteiger partial charge in [-0.2, -0.15) is 0 Å². The monoisotopic (exact) mass is 256 g/mol. The lowest BCUT2D eigenvalue weighted by molar-refractivity contribution is 0.588. The minimum Gasteiger partial charge on any atom is -0.317 e. The maximum Gasteiger partial charge on any atom is 0.240 e. The van der Waals surface area contributed by atoms with Crippen LogP contribution in [0.3, 0.4) is 0 Å². The molecule has 0 aliphatic heterocycles. The molecule has 0 aromatic heterocycles. The molecule has 0 aliphatic rings. The summed E-state index contributed by atoms with van der Waals surface area (Å²) in [7, 11) is -1.89. The van der Waals surface area contributed by atoms with Gasteiger partial charge in [0.05, 0.1) is 4.90 Å². The van der Waals surface area contributed by atoms with Gasteiger partial charge in [0.25, 0.3) is 0 Å². The Morgan fingerprint density at radius 1 is 1.18 bits per heavy atom. The normalized spacial score (nSPS) is 11.6. The number of rotatable bonds is 7. The van der Waals surface area contributed by atoms with E-state index in [1.54, 1.807) is 12.1 Å². The summed E-state index contributed by atoms with van der Waals surface area (Å²) in [6.45, 7) is 4.06. The third-order valence-corrected chi connectivity index (χ3v) is 4.00. The molecule has 0 amide bonds. The van der Waals surface area contributed by atoms with Gasteiger partial charge in [-0.1, -0.05) is 19.1 Å². The van der Waals surface area contributed by atoms with Crippen LogP contribution in [0.1, 0.15) is 18.9 Å². The van der Waals surface area contributed by atoms with Crippen LogP contribution in [0.15, 0.2) is 29.2 Å². The fourth-order valence-electron chi connectivity index (χ4n) is 1.55. The molecule has 1 aromatic rings. The number of hydrogen-bond acceptors (Lipinski definition) is 3. The van der Waals surface area contributed by atoms with Crippen molar-refractivity contribution in [3.8, 4) is 0 Å². The van der Waals surface area contributed by atoms with Crippen LogP contribution in [-0.2, 0) is 16.4 Å². The zero-order chi connectivity index (χ0) is 12.7. The van der Waals surface area contributed by atoms with Gasteiger partial charge in [-0.15, -0.1) is 0 Å². The molecule has 0 radical (unpaired) electrons. The van der Waals surface area contributed by atoms with Crippen molar-refractivity contribution in [1.29, 1.82) is 0 Å². The number of hydrogen-bond donors (Lipinski definition) is 2. The minimum atomic E-state index is -3.31. The third kappa shape index (κ3) is 4.46. The molecule has 0 heterocycles. The van der Waals surface area contributed by atoms with Gasteiger partial charge in [0.2, 0.25) is 10.0 Å². The molecule has 5 heteroatoms. The molecule has 0 bridgehead atoms. The average Bonchev–Trinajstić information content (AvgIpc) is 2.35. The van der Waals surface area contributed by atoms with E-state index in [-0.39, 0.29) is 0 Å². The molecule has 0 saturated carbocycles. The Hall–Kier alpha value is -0.910. The molecular weight excluding hydrogens is 236 g/mol. The summed E-state index contributed by atoms with van der Waals surface area (Å²) < 4.78 is 25.3. The van der Waals surface area contributed by atoms with Crippen LogP contribution in [0.2, 0.25) is 0 Å². The number of aryl methyl sites for hydroxylation is 1. The van der Waals surface area contributed by atoms with Crippen molar-refractivity contribution in [1.82, 2.24) is 10.0 Å². The number of benzene rings is 1. The first-order valence-electron chi connectivity index (χ1n) is 5.83. The largest absolute Gasteiger partial charge is 0.317 e. The summed E-state index contributed by atoms with van der Waals surface area (Å²) in [4.78, 5) is 0.315. The highest BCUT2D eigenvalue weighted by Crippen LogP contribution is 2.11. The van der Waals surface area contributed by atoms with E-state index >= 15 is 0 Å². The standard InChI is InChI=1S/C12H20N2O2S/c1-3-14-10-4-5-11-6-8-12(9-7-11)17(15,16)13-2/h6-9,13-14H,3-5,10H2,1-2H3. The van der Waals surface area contributed by atoms with E-state index in [1.165, 1.54) is 7.05 Å². The fourth-order valence-corrected chi connectivity index (χ4v) is 2.28. The zero-order valence-corrected chi connectivity index (χ0v) is 11.2. The second kappa shape index (κ2) is 6.74. The molecule has 0 saturated heterocycles. The van der Waals surface area contributed by atoms with Gasteiger partial charge in [-0.25, -0.2) is 13.1 Å². The Bertz CT molecular complexity index is 426. The molecule has 0 unspecified atom stereocenters. The molecule has 17 heavy (non-hydrogen) atoms. The molecule has 0 aliphatic carbocycles. The van der Waals surface area contributed by atoms with Crippen LogP contribution >= 0.6 is 0 Å². The molecule has 0 spiro atoms. The maximum atomic E-state index is 11.5. The van der Waals surface area contributed by atoms with Gasteiger partial charge in [0.15, 0.2) is 0 Å². The predicted octanol–water partition coefficient (Wildman–Crippen LogP) is 1.14. The molecule has 1 aromatic carbocycles. The van der Waals surface area contributed by atoms with E-state index < -0.39 is 10.0 Å². The quantitative estimate of drug-likeness (QED) is 0.719. The first kappa shape index (κ1) is 14.2. The Morgan fingerprint density at radius 3 is 2.35 bits per heavy atom. The van der Waals surface area contributed by atoms with E-state index in [0.717, 1.165) is 31.5 Å². The van der Waals surface area contributed by atoms with Gasteiger partial charge >= 0.3 is 0 Å². The fraction of sp³-hybridized carbons (Fsp3) is 0.500. The van der Waals surface area contributed by atoms with Crippen molar-refractivity contribution >= 4 is 10.0 Å². The Morgan fingerprint density at radius 2 is 1.82 bits per heavy atom. The van der Waals surface area contributed by atoms with Gasteiger partial charge in [-0.05, 0) is 50.7 Å². The molecule has 96 valence electrons. The van der Waals surface area contributed by atoms with Crippen LogP contribution in [0.5, 0.6) is 0 Å². The van der Waals surface area contributed by atoms with Gasteiger partial charge in [0, 0.05) is 0 Å². The van der Waals surface area contributed by atoms with Crippen molar-refractivity contribution in [3.63, 3.8) is 0 Å². The lowest BCUT2D eigenvalue weighted by Gasteiger charge is -2.05. The second-order valence-electron chi connectivity index (χ2n) is 3.81. The first-order valence-corrected chi connectivity index (χ1v) is 7.31. The van der Waals surface area contributed by atoms with Crippen molar-refractivity contribution in [2.45, 2.75) is 24.7 Å². The van der Waals surface area contributed by atoms with Crippen LogP contribution < -0.4 is 10.0 Å². The molecule has 4 nitrogen and oxygen atoms in total. The van der Waals surface area contributed by atoms with E-state index in [4.69, 9.17) is 0 Å². The van der Waals surface area contributed by atoms with E-state index in [1.807, 2.05) is 12.1 Å². The van der Waals surface area contributed by atoms with Crippen LogP contribution in [0.25, 0.3) is 0 Å². The van der Waals surface area contributed by atoms with Gasteiger partial charge in [0.1, 0.15) is 0 Å². The number of nitrogens with one attached hydrogen (secondary N) is 2. The third-order valence-electron chi connectivity index (χ3n) is 2.57. The van der Waals surface area contributed by atoms with E-state index in [2.05, 4.69) is 17.0 Å². The summed E-state index contributed by atoms with van der Waals surface area (Å²) in [5.74, 6) is 0. The molecular formula is C12H20N2O2S. The maximum absolute atomic E-state index is 11.5. The summed E-state index contributed by atoms with van der Waals surface area (Å²) >= 11 is 0. The van der Waals surface area contributed by atoms with Crippen molar-refractivity contribution in [2.75, 3.05) is 20.1 Å². The van der Waals surface area contributed by atoms with Crippen molar-refractivity contribution < 1.29 is 8.42 Å². The predicted molar refractivity (Wildman–Crippen MR) is 69.6 cm³/mol. The van der Waals surface area contributed by atoms with Gasteiger partial charge in [-0.3, -0.25) is 0 Å².